The zero-order valence-corrected chi connectivity index (χ0v) is 16.9. The summed E-state index contributed by atoms with van der Waals surface area (Å²) in [5.74, 6) is -3.19. The fourth-order valence-corrected chi connectivity index (χ4v) is 4.09. The molecule has 0 fully saturated rings. The Hall–Kier alpha value is -5.12. The monoisotopic (exact) mass is 454 g/mol. The number of hydrogen-bond donors (Lipinski definition) is 0. The molecule has 0 saturated carbocycles. The van der Waals surface area contributed by atoms with E-state index in [0.29, 0.717) is 9.13 Å². The van der Waals surface area contributed by atoms with Crippen molar-refractivity contribution in [2.75, 3.05) is 0 Å². The van der Waals surface area contributed by atoms with Gasteiger partial charge < -0.3 is 19.8 Å². The molecule has 0 amide bonds. The lowest BCUT2D eigenvalue weighted by Gasteiger charge is -2.09. The van der Waals surface area contributed by atoms with Crippen LogP contribution in [-0.4, -0.2) is 21.1 Å². The van der Waals surface area contributed by atoms with E-state index in [9.17, 15) is 39.0 Å². The molecular weight excluding hydrogens is 444 g/mol. The van der Waals surface area contributed by atoms with E-state index >= 15 is 0 Å². The smallest absolute Gasteiger partial charge is 0.266 e. The van der Waals surface area contributed by atoms with E-state index in [4.69, 9.17) is 0 Å². The van der Waals surface area contributed by atoms with Crippen LogP contribution in [0.1, 0.15) is 20.7 Å². The number of nitrogens with zero attached hydrogens (tertiary/aromatic N) is 2. The highest BCUT2D eigenvalue weighted by molar-refractivity contribution is 5.99. The number of carboxylic acid groups (broad SMARTS) is 2. The van der Waals surface area contributed by atoms with Gasteiger partial charge in [-0.15, -0.1) is 0 Å². The van der Waals surface area contributed by atoms with Crippen LogP contribution < -0.4 is 32.5 Å². The van der Waals surface area contributed by atoms with Crippen LogP contribution in [0, 0.1) is 0 Å². The maximum absolute atomic E-state index is 13.1. The minimum absolute atomic E-state index is 0.201. The molecule has 0 spiro atoms. The van der Waals surface area contributed by atoms with Gasteiger partial charge >= 0.3 is 0 Å². The second kappa shape index (κ2) is 7.20. The zero-order valence-electron chi connectivity index (χ0n) is 16.9. The minimum Gasteiger partial charge on any atom is -0.545 e. The molecule has 0 unspecified atom stereocenters. The average molecular weight is 454 g/mol. The first-order valence-electron chi connectivity index (χ1n) is 9.78. The van der Waals surface area contributed by atoms with Gasteiger partial charge in [0.15, 0.2) is 0 Å². The van der Waals surface area contributed by atoms with E-state index in [-0.39, 0.29) is 44.0 Å². The quantitative estimate of drug-likeness (QED) is 0.321. The average Bonchev–Trinajstić information content (AvgIpc) is 3.21. The van der Waals surface area contributed by atoms with E-state index in [0.717, 1.165) is 12.1 Å². The third-order valence-corrected chi connectivity index (χ3v) is 5.62. The molecule has 0 aliphatic carbocycles. The molecule has 0 radical (unpaired) electrons. The van der Waals surface area contributed by atoms with Crippen LogP contribution in [0.3, 0.4) is 0 Å². The molecule has 10 nitrogen and oxygen atoms in total. The van der Waals surface area contributed by atoms with Crippen LogP contribution in [-0.2, 0) is 0 Å². The number of aromatic nitrogens is 2. The third-order valence-electron chi connectivity index (χ3n) is 5.62. The van der Waals surface area contributed by atoms with E-state index in [1.165, 1.54) is 48.5 Å². The number of carbonyl (C=O) groups excluding carboxylic acids is 2. The molecule has 5 rings (SSSR count). The number of hydrogen-bond acceptors (Lipinski definition) is 8. The first kappa shape index (κ1) is 20.8. The molecule has 0 saturated heterocycles. The van der Waals surface area contributed by atoms with Crippen molar-refractivity contribution in [3.8, 4) is 11.4 Å². The summed E-state index contributed by atoms with van der Waals surface area (Å²) in [6.07, 6.45) is 0. The van der Waals surface area contributed by atoms with Crippen molar-refractivity contribution in [2.24, 2.45) is 0 Å². The van der Waals surface area contributed by atoms with Crippen LogP contribution in [0.25, 0.3) is 32.9 Å². The van der Waals surface area contributed by atoms with Gasteiger partial charge in [-0.25, -0.2) is 9.13 Å². The van der Waals surface area contributed by atoms with Gasteiger partial charge in [-0.05, 0) is 24.3 Å². The third kappa shape index (κ3) is 2.75. The van der Waals surface area contributed by atoms with Crippen molar-refractivity contribution in [1.29, 1.82) is 0 Å². The Morgan fingerprint density at radius 3 is 1.12 bits per heavy atom. The van der Waals surface area contributed by atoms with Gasteiger partial charge in [0.05, 0.1) is 44.9 Å². The van der Waals surface area contributed by atoms with Crippen LogP contribution in [0.15, 0.2) is 79.8 Å². The lowest BCUT2D eigenvalue weighted by molar-refractivity contribution is -0.256. The molecule has 0 aliphatic heterocycles. The Bertz CT molecular complexity index is 1690. The Morgan fingerprint density at radius 1 is 0.529 bits per heavy atom. The lowest BCUT2D eigenvalue weighted by atomic mass is 10.1. The maximum Gasteiger partial charge on any atom is 0.266 e. The highest BCUT2D eigenvalue weighted by Gasteiger charge is 2.22. The largest absolute Gasteiger partial charge is 0.545 e. The van der Waals surface area contributed by atoms with Crippen LogP contribution in [0.5, 0.6) is 0 Å². The fraction of sp³-hybridized carbons (Fsp3) is 0. The lowest BCUT2D eigenvalue weighted by Crippen LogP contribution is -2.30. The van der Waals surface area contributed by atoms with Crippen molar-refractivity contribution >= 4 is 33.5 Å². The molecule has 2 heterocycles. The maximum atomic E-state index is 13.1. The number of benzene rings is 3. The van der Waals surface area contributed by atoms with Gasteiger partial charge in [-0.1, -0.05) is 36.4 Å². The van der Waals surface area contributed by atoms with Gasteiger partial charge in [-0.3, -0.25) is 19.2 Å². The molecule has 166 valence electrons. The molecule has 0 bridgehead atoms. The minimum atomic E-state index is -1.60. The van der Waals surface area contributed by atoms with Crippen LogP contribution in [0.2, 0.25) is 0 Å². The molecule has 0 N–H and O–H groups in total. The highest BCUT2D eigenvalue weighted by Crippen LogP contribution is 2.19. The summed E-state index contributed by atoms with van der Waals surface area (Å²) in [6.45, 7) is 0. The number of carbonyl (C=O) groups is 2. The number of fused-ring (bicyclic) bond motifs is 2. The molecular formula is C24H10N2O8-2. The Balaban J connectivity index is 1.86. The summed E-state index contributed by atoms with van der Waals surface area (Å²) >= 11 is 0. The van der Waals surface area contributed by atoms with E-state index < -0.39 is 34.2 Å². The van der Waals surface area contributed by atoms with Crippen molar-refractivity contribution in [3.05, 3.63) is 113 Å². The molecule has 3 aromatic carbocycles. The summed E-state index contributed by atoms with van der Waals surface area (Å²) in [7, 11) is 0. The second-order valence-electron chi connectivity index (χ2n) is 7.44. The molecule has 10 heteroatoms. The summed E-state index contributed by atoms with van der Waals surface area (Å²) in [5, 5.41) is 22.1. The number of aromatic carboxylic acids is 2. The standard InChI is InChI=1S/C24H12N2O8/c27-19-13-9-15-16(22(30)26(21(15)29)18-8-4-2-6-12(18)24(33)34)10-14(13)20(28)25(19)17-7-3-1-5-11(17)23(31)32/h1-10H,(H,31,32)(H,33,34)/p-2. The Labute approximate surface area is 187 Å². The number of carboxylic acids is 2. The molecule has 5 aromatic rings. The first-order valence-corrected chi connectivity index (χ1v) is 9.78. The summed E-state index contributed by atoms with van der Waals surface area (Å²) in [5.41, 5.74) is -4.73. The highest BCUT2D eigenvalue weighted by atomic mass is 16.4. The fourth-order valence-electron chi connectivity index (χ4n) is 4.09. The Morgan fingerprint density at radius 2 is 0.824 bits per heavy atom. The normalized spacial score (nSPS) is 11.3. The summed E-state index contributed by atoms with van der Waals surface area (Å²) < 4.78 is 1.28. The van der Waals surface area contributed by atoms with Crippen molar-refractivity contribution in [3.63, 3.8) is 0 Å². The topological polar surface area (TPSA) is 158 Å². The molecule has 0 aliphatic rings. The van der Waals surface area contributed by atoms with Gasteiger partial charge in [0, 0.05) is 11.1 Å². The second-order valence-corrected chi connectivity index (χ2v) is 7.44. The van der Waals surface area contributed by atoms with Gasteiger partial charge in [0.2, 0.25) is 0 Å². The van der Waals surface area contributed by atoms with E-state index in [1.54, 1.807) is 0 Å². The summed E-state index contributed by atoms with van der Waals surface area (Å²) in [6, 6.07) is 12.7. The predicted octanol–water partition coefficient (Wildman–Crippen LogP) is -1.38. The van der Waals surface area contributed by atoms with Gasteiger partial charge in [0.1, 0.15) is 0 Å². The predicted molar refractivity (Wildman–Crippen MR) is 116 cm³/mol. The SMILES string of the molecule is O=C([O-])c1ccccc1-n1c(=O)c2cc3c(=O)n(-c4ccccc4C(=O)[O-])c(=O)c3cc2c1=O. The van der Waals surface area contributed by atoms with Gasteiger partial charge in [-0.2, -0.15) is 0 Å². The van der Waals surface area contributed by atoms with Crippen molar-refractivity contribution < 1.29 is 19.8 Å². The molecule has 2 aromatic heterocycles. The molecule has 34 heavy (non-hydrogen) atoms. The van der Waals surface area contributed by atoms with Crippen LogP contribution >= 0.6 is 0 Å². The number of para-hydroxylation sites is 2. The van der Waals surface area contributed by atoms with Crippen molar-refractivity contribution in [2.45, 2.75) is 0 Å². The van der Waals surface area contributed by atoms with Gasteiger partial charge in [0.25, 0.3) is 22.2 Å². The first-order chi connectivity index (χ1) is 16.2. The summed E-state index contributed by atoms with van der Waals surface area (Å²) in [4.78, 5) is 75.2. The van der Waals surface area contributed by atoms with Crippen molar-refractivity contribution in [1.82, 2.24) is 9.13 Å². The van der Waals surface area contributed by atoms with E-state index in [2.05, 4.69) is 0 Å². The van der Waals surface area contributed by atoms with E-state index in [1.807, 2.05) is 0 Å². The molecule has 0 atom stereocenters. The Kier molecular flexibility index (Phi) is 4.40. The zero-order chi connectivity index (χ0) is 24.3. The number of rotatable bonds is 4. The van der Waals surface area contributed by atoms with Crippen LogP contribution in [0.4, 0.5) is 0 Å².